The molecule has 5 nitrogen and oxygen atoms in total. The van der Waals surface area contributed by atoms with E-state index >= 15 is 0 Å². The molecule has 1 saturated carbocycles. The predicted molar refractivity (Wildman–Crippen MR) is 135 cm³/mol. The van der Waals surface area contributed by atoms with E-state index < -0.39 is 0 Å². The van der Waals surface area contributed by atoms with E-state index in [4.69, 9.17) is 4.74 Å². The number of thiophene rings is 1. The lowest BCUT2D eigenvalue weighted by Crippen LogP contribution is -2.33. The lowest BCUT2D eigenvalue weighted by Gasteiger charge is -2.25. The molecule has 6 heteroatoms. The molecule has 2 aromatic heterocycles. The highest BCUT2D eigenvalue weighted by molar-refractivity contribution is 7.14. The van der Waals surface area contributed by atoms with Gasteiger partial charge in [-0.2, -0.15) is 0 Å². The molecule has 1 aromatic carbocycles. The van der Waals surface area contributed by atoms with Gasteiger partial charge in [0.25, 0.3) is 0 Å². The summed E-state index contributed by atoms with van der Waals surface area (Å²) in [6, 6.07) is 16.0. The van der Waals surface area contributed by atoms with Crippen LogP contribution in [0.3, 0.4) is 0 Å². The molecule has 1 aliphatic carbocycles. The van der Waals surface area contributed by atoms with Crippen molar-refractivity contribution in [2.75, 3.05) is 4.90 Å². The smallest absolute Gasteiger partial charge is 0.409 e. The maximum Gasteiger partial charge on any atom is 0.420 e. The first-order valence-corrected chi connectivity index (χ1v) is 12.8. The number of anilines is 1. The van der Waals surface area contributed by atoms with Crippen LogP contribution in [0, 0.1) is 5.92 Å². The van der Waals surface area contributed by atoms with E-state index in [1.165, 1.54) is 49.9 Å². The number of nitrogens with zero attached hydrogens (tertiary/aromatic N) is 2. The van der Waals surface area contributed by atoms with Crippen molar-refractivity contribution >= 4 is 22.4 Å². The number of amides is 1. The van der Waals surface area contributed by atoms with Crippen molar-refractivity contribution in [3.05, 3.63) is 77.4 Å². The molecule has 2 heterocycles. The minimum Gasteiger partial charge on any atom is -0.409 e. The monoisotopic (exact) mass is 463 g/mol. The van der Waals surface area contributed by atoms with E-state index in [2.05, 4.69) is 17.2 Å². The van der Waals surface area contributed by atoms with Crippen molar-refractivity contribution in [1.29, 1.82) is 0 Å². The van der Waals surface area contributed by atoms with Gasteiger partial charge in [0.15, 0.2) is 0 Å². The first kappa shape index (κ1) is 23.5. The van der Waals surface area contributed by atoms with Crippen LogP contribution in [-0.4, -0.2) is 17.1 Å². The van der Waals surface area contributed by atoms with E-state index in [-0.39, 0.29) is 6.09 Å². The minimum absolute atomic E-state index is 0.385. The fourth-order valence-electron chi connectivity index (χ4n) is 4.51. The van der Waals surface area contributed by atoms with Gasteiger partial charge in [-0.3, -0.25) is 9.88 Å². The summed E-state index contributed by atoms with van der Waals surface area (Å²) >= 11 is 1.52. The SMILES string of the molecule is CC(CC1CCCCC1)NCc1cnccc1OC(=O)N(Cc1ccccc1)c1cccs1. The van der Waals surface area contributed by atoms with Crippen LogP contribution < -0.4 is 15.0 Å². The molecule has 4 rings (SSSR count). The number of nitrogens with one attached hydrogen (secondary N) is 1. The number of carbonyl (C=O) groups excluding carboxylic acids is 1. The molecule has 0 spiro atoms. The highest BCUT2D eigenvalue weighted by atomic mass is 32.1. The standard InChI is InChI=1S/C27H33N3O2S/c1-21(17-22-9-4-2-5-10-22)29-19-24-18-28-15-14-25(24)32-27(31)30(26-13-8-16-33-26)20-23-11-6-3-7-12-23/h3,6-8,11-16,18,21-22,29H,2,4-5,9-10,17,19-20H2,1H3. The molecule has 174 valence electrons. The van der Waals surface area contributed by atoms with Crippen LogP contribution in [0.1, 0.15) is 56.6 Å². The maximum atomic E-state index is 13.2. The number of pyridine rings is 1. The third-order valence-electron chi connectivity index (χ3n) is 6.28. The van der Waals surface area contributed by atoms with Gasteiger partial charge in [0, 0.05) is 30.5 Å². The Morgan fingerprint density at radius 2 is 1.97 bits per heavy atom. The van der Waals surface area contributed by atoms with Gasteiger partial charge in [-0.05, 0) is 48.4 Å². The van der Waals surface area contributed by atoms with Gasteiger partial charge in [0.2, 0.25) is 0 Å². The number of ether oxygens (including phenoxy) is 1. The van der Waals surface area contributed by atoms with Gasteiger partial charge >= 0.3 is 6.09 Å². The van der Waals surface area contributed by atoms with Crippen molar-refractivity contribution in [2.24, 2.45) is 5.92 Å². The quantitative estimate of drug-likeness (QED) is 0.379. The van der Waals surface area contributed by atoms with Gasteiger partial charge in [0.1, 0.15) is 10.8 Å². The van der Waals surface area contributed by atoms with Crippen LogP contribution >= 0.6 is 11.3 Å². The number of aromatic nitrogens is 1. The van der Waals surface area contributed by atoms with Gasteiger partial charge in [-0.25, -0.2) is 4.79 Å². The fourth-order valence-corrected chi connectivity index (χ4v) is 5.23. The average molecular weight is 464 g/mol. The first-order chi connectivity index (χ1) is 16.2. The molecule has 0 radical (unpaired) electrons. The number of hydrogen-bond donors (Lipinski definition) is 1. The second kappa shape index (κ2) is 12.0. The summed E-state index contributed by atoms with van der Waals surface area (Å²) in [7, 11) is 0. The molecule has 1 amide bonds. The van der Waals surface area contributed by atoms with Crippen LogP contribution in [0.5, 0.6) is 5.75 Å². The summed E-state index contributed by atoms with van der Waals surface area (Å²) in [5.74, 6) is 1.38. The van der Waals surface area contributed by atoms with Crippen molar-refractivity contribution in [1.82, 2.24) is 10.3 Å². The summed E-state index contributed by atoms with van der Waals surface area (Å²) in [5.41, 5.74) is 1.95. The summed E-state index contributed by atoms with van der Waals surface area (Å²) in [5, 5.41) is 6.44. The Morgan fingerprint density at radius 3 is 2.73 bits per heavy atom. The molecule has 1 N–H and O–H groups in total. The van der Waals surface area contributed by atoms with Gasteiger partial charge in [-0.15, -0.1) is 11.3 Å². The Kier molecular flexibility index (Phi) is 8.50. The summed E-state index contributed by atoms with van der Waals surface area (Å²) in [6.07, 6.45) is 11.1. The number of benzene rings is 1. The lowest BCUT2D eigenvalue weighted by atomic mass is 9.85. The second-order valence-electron chi connectivity index (χ2n) is 8.90. The van der Waals surface area contributed by atoms with E-state index in [0.717, 1.165) is 22.0 Å². The summed E-state index contributed by atoms with van der Waals surface area (Å²) < 4.78 is 5.90. The highest BCUT2D eigenvalue weighted by Gasteiger charge is 2.21. The molecule has 1 fully saturated rings. The Balaban J connectivity index is 1.40. The molecule has 1 aliphatic rings. The zero-order valence-corrected chi connectivity index (χ0v) is 20.1. The maximum absolute atomic E-state index is 13.2. The minimum atomic E-state index is -0.385. The molecule has 3 aromatic rings. The van der Waals surface area contributed by atoms with Gasteiger partial charge in [-0.1, -0.05) is 62.4 Å². The van der Waals surface area contributed by atoms with Gasteiger partial charge < -0.3 is 10.1 Å². The van der Waals surface area contributed by atoms with E-state index in [9.17, 15) is 4.79 Å². The van der Waals surface area contributed by atoms with E-state index in [1.807, 2.05) is 47.8 Å². The number of rotatable bonds is 9. The van der Waals surface area contributed by atoms with Crippen LogP contribution in [0.15, 0.2) is 66.3 Å². The molecule has 0 aliphatic heterocycles. The lowest BCUT2D eigenvalue weighted by molar-refractivity contribution is 0.206. The van der Waals surface area contributed by atoms with Crippen molar-refractivity contribution in [3.8, 4) is 5.75 Å². The Labute approximate surface area is 200 Å². The third-order valence-corrected chi connectivity index (χ3v) is 7.18. The highest BCUT2D eigenvalue weighted by Crippen LogP contribution is 2.28. The average Bonchev–Trinajstić information content (AvgIpc) is 3.38. The summed E-state index contributed by atoms with van der Waals surface area (Å²) in [4.78, 5) is 19.2. The number of carbonyl (C=O) groups is 1. The van der Waals surface area contributed by atoms with Crippen molar-refractivity contribution in [2.45, 2.75) is 64.6 Å². The van der Waals surface area contributed by atoms with E-state index in [1.54, 1.807) is 23.4 Å². The molecular weight excluding hydrogens is 430 g/mol. The molecular formula is C27H33N3O2S. The first-order valence-electron chi connectivity index (χ1n) is 11.9. The Bertz CT molecular complexity index is 988. The predicted octanol–water partition coefficient (Wildman–Crippen LogP) is 6.80. The zero-order valence-electron chi connectivity index (χ0n) is 19.3. The van der Waals surface area contributed by atoms with E-state index in [0.29, 0.717) is 24.9 Å². The number of hydrogen-bond acceptors (Lipinski definition) is 5. The normalized spacial score (nSPS) is 15.2. The zero-order chi connectivity index (χ0) is 22.9. The molecule has 0 bridgehead atoms. The molecule has 1 atom stereocenters. The van der Waals surface area contributed by atoms with Crippen LogP contribution in [0.25, 0.3) is 0 Å². The molecule has 33 heavy (non-hydrogen) atoms. The largest absolute Gasteiger partial charge is 0.420 e. The fraction of sp³-hybridized carbons (Fsp3) is 0.407. The Morgan fingerprint density at radius 1 is 1.15 bits per heavy atom. The van der Waals surface area contributed by atoms with Crippen LogP contribution in [0.4, 0.5) is 9.80 Å². The second-order valence-corrected chi connectivity index (χ2v) is 9.82. The topological polar surface area (TPSA) is 54.5 Å². The Hall–Kier alpha value is -2.70. The summed E-state index contributed by atoms with van der Waals surface area (Å²) in [6.45, 7) is 3.33. The van der Waals surface area contributed by atoms with Gasteiger partial charge in [0.05, 0.1) is 6.54 Å². The molecule has 1 unspecified atom stereocenters. The van der Waals surface area contributed by atoms with Crippen LogP contribution in [-0.2, 0) is 13.1 Å². The van der Waals surface area contributed by atoms with Crippen molar-refractivity contribution < 1.29 is 9.53 Å². The van der Waals surface area contributed by atoms with Crippen molar-refractivity contribution in [3.63, 3.8) is 0 Å². The third kappa shape index (κ3) is 6.89. The molecule has 0 saturated heterocycles. The van der Waals surface area contributed by atoms with Crippen LogP contribution in [0.2, 0.25) is 0 Å².